The lowest BCUT2D eigenvalue weighted by molar-refractivity contribution is 0.0930. The van der Waals surface area contributed by atoms with E-state index in [1.807, 2.05) is 6.07 Å². The van der Waals surface area contributed by atoms with Crippen molar-refractivity contribution in [3.8, 4) is 0 Å². The molecule has 2 heterocycles. The molecule has 1 aromatic rings. The lowest BCUT2D eigenvalue weighted by Gasteiger charge is -2.25. The summed E-state index contributed by atoms with van der Waals surface area (Å²) in [6, 6.07) is 3.14. The summed E-state index contributed by atoms with van der Waals surface area (Å²) >= 11 is 0. The van der Waals surface area contributed by atoms with Gasteiger partial charge in [0, 0.05) is 24.7 Å². The van der Waals surface area contributed by atoms with Crippen LogP contribution in [0, 0.1) is 0 Å². The van der Waals surface area contributed by atoms with E-state index in [1.165, 1.54) is 12.8 Å². The SMILES string of the molecule is CC(C)N1CC(NC(=O)c2cc(C3CC3)cnn2)CC1C. The molecule has 5 nitrogen and oxygen atoms in total. The van der Waals surface area contributed by atoms with E-state index < -0.39 is 0 Å². The fraction of sp³-hybridized carbons (Fsp3) is 0.688. The molecular weight excluding hydrogens is 264 g/mol. The molecule has 2 atom stereocenters. The molecule has 1 aromatic heterocycles. The number of nitrogens with one attached hydrogen (secondary N) is 1. The number of carbonyl (C=O) groups is 1. The van der Waals surface area contributed by atoms with Gasteiger partial charge in [0.05, 0.1) is 6.20 Å². The van der Waals surface area contributed by atoms with Crippen LogP contribution in [0.15, 0.2) is 12.3 Å². The van der Waals surface area contributed by atoms with Crippen molar-refractivity contribution in [2.24, 2.45) is 0 Å². The summed E-state index contributed by atoms with van der Waals surface area (Å²) in [5.41, 5.74) is 1.61. The van der Waals surface area contributed by atoms with Crippen LogP contribution in [0.4, 0.5) is 0 Å². The molecule has 1 aliphatic heterocycles. The summed E-state index contributed by atoms with van der Waals surface area (Å²) in [5, 5.41) is 11.1. The van der Waals surface area contributed by atoms with Crippen molar-refractivity contribution in [1.29, 1.82) is 0 Å². The van der Waals surface area contributed by atoms with Crippen LogP contribution in [0.3, 0.4) is 0 Å². The van der Waals surface area contributed by atoms with Crippen LogP contribution in [0.2, 0.25) is 0 Å². The maximum atomic E-state index is 12.3. The number of hydrogen-bond donors (Lipinski definition) is 1. The lowest BCUT2D eigenvalue weighted by atomic mass is 10.1. The molecule has 1 saturated heterocycles. The summed E-state index contributed by atoms with van der Waals surface area (Å²) < 4.78 is 0. The minimum atomic E-state index is -0.0900. The van der Waals surface area contributed by atoms with Crippen LogP contribution in [0.25, 0.3) is 0 Å². The predicted octanol–water partition coefficient (Wildman–Crippen LogP) is 1.95. The van der Waals surface area contributed by atoms with Crippen molar-refractivity contribution in [2.75, 3.05) is 6.54 Å². The van der Waals surface area contributed by atoms with E-state index in [2.05, 4.69) is 41.2 Å². The maximum Gasteiger partial charge on any atom is 0.272 e. The highest BCUT2D eigenvalue weighted by molar-refractivity contribution is 5.92. The van der Waals surface area contributed by atoms with Crippen molar-refractivity contribution in [1.82, 2.24) is 20.4 Å². The summed E-state index contributed by atoms with van der Waals surface area (Å²) in [7, 11) is 0. The van der Waals surface area contributed by atoms with Gasteiger partial charge in [0.2, 0.25) is 0 Å². The minimum absolute atomic E-state index is 0.0900. The van der Waals surface area contributed by atoms with Gasteiger partial charge in [-0.2, -0.15) is 5.10 Å². The molecule has 0 radical (unpaired) electrons. The van der Waals surface area contributed by atoms with E-state index in [0.29, 0.717) is 23.7 Å². The molecule has 0 aromatic carbocycles. The quantitative estimate of drug-likeness (QED) is 0.920. The third kappa shape index (κ3) is 3.23. The number of nitrogens with zero attached hydrogens (tertiary/aromatic N) is 3. The molecule has 2 unspecified atom stereocenters. The van der Waals surface area contributed by atoms with E-state index >= 15 is 0 Å². The second kappa shape index (κ2) is 5.72. The smallest absolute Gasteiger partial charge is 0.272 e. The van der Waals surface area contributed by atoms with Gasteiger partial charge in [0.1, 0.15) is 0 Å². The molecule has 1 saturated carbocycles. The van der Waals surface area contributed by atoms with Crippen molar-refractivity contribution in [3.63, 3.8) is 0 Å². The van der Waals surface area contributed by atoms with E-state index in [1.54, 1.807) is 6.20 Å². The molecule has 2 fully saturated rings. The Balaban J connectivity index is 1.63. The van der Waals surface area contributed by atoms with Crippen LogP contribution < -0.4 is 5.32 Å². The molecule has 5 heteroatoms. The van der Waals surface area contributed by atoms with Gasteiger partial charge in [0.15, 0.2) is 5.69 Å². The topological polar surface area (TPSA) is 58.1 Å². The standard InChI is InChI=1S/C16H24N4O/c1-10(2)20-9-14(6-11(20)3)18-16(21)15-7-13(8-17-19-15)12-4-5-12/h7-8,10-12,14H,4-6,9H2,1-3H3,(H,18,21). The Morgan fingerprint density at radius 2 is 2.19 bits per heavy atom. The van der Waals surface area contributed by atoms with Crippen molar-refractivity contribution in [2.45, 2.75) is 64.1 Å². The normalized spacial score (nSPS) is 26.3. The summed E-state index contributed by atoms with van der Waals surface area (Å²) in [6.45, 7) is 7.54. The molecule has 0 bridgehead atoms. The van der Waals surface area contributed by atoms with E-state index in [9.17, 15) is 4.79 Å². The van der Waals surface area contributed by atoms with Gasteiger partial charge in [0.25, 0.3) is 5.91 Å². The second-order valence-electron chi connectivity index (χ2n) is 6.69. The molecule has 2 aliphatic rings. The first-order valence-electron chi connectivity index (χ1n) is 7.94. The number of amides is 1. The summed E-state index contributed by atoms with van der Waals surface area (Å²) in [4.78, 5) is 14.8. The second-order valence-corrected chi connectivity index (χ2v) is 6.69. The van der Waals surface area contributed by atoms with Gasteiger partial charge in [-0.05, 0) is 57.6 Å². The number of likely N-dealkylation sites (tertiary alicyclic amines) is 1. The Labute approximate surface area is 126 Å². The summed E-state index contributed by atoms with van der Waals surface area (Å²) in [5.74, 6) is 0.503. The molecule has 114 valence electrons. The highest BCUT2D eigenvalue weighted by atomic mass is 16.2. The van der Waals surface area contributed by atoms with Gasteiger partial charge in [-0.15, -0.1) is 5.10 Å². The first-order chi connectivity index (χ1) is 10.0. The van der Waals surface area contributed by atoms with Crippen LogP contribution >= 0.6 is 0 Å². The zero-order chi connectivity index (χ0) is 15.0. The summed E-state index contributed by atoms with van der Waals surface area (Å²) in [6.07, 6.45) is 5.19. The Morgan fingerprint density at radius 1 is 1.43 bits per heavy atom. The van der Waals surface area contributed by atoms with Gasteiger partial charge in [-0.25, -0.2) is 0 Å². The lowest BCUT2D eigenvalue weighted by Crippen LogP contribution is -2.39. The fourth-order valence-corrected chi connectivity index (χ4v) is 3.27. The predicted molar refractivity (Wildman–Crippen MR) is 81.2 cm³/mol. The fourth-order valence-electron chi connectivity index (χ4n) is 3.27. The maximum absolute atomic E-state index is 12.3. The van der Waals surface area contributed by atoms with Crippen LogP contribution in [-0.4, -0.2) is 45.7 Å². The molecule has 0 spiro atoms. The van der Waals surface area contributed by atoms with E-state index in [0.717, 1.165) is 18.5 Å². The zero-order valence-corrected chi connectivity index (χ0v) is 13.0. The number of aromatic nitrogens is 2. The highest BCUT2D eigenvalue weighted by Crippen LogP contribution is 2.39. The minimum Gasteiger partial charge on any atom is -0.347 e. The molecular formula is C16H24N4O. The van der Waals surface area contributed by atoms with Crippen molar-refractivity contribution in [3.05, 3.63) is 23.5 Å². The van der Waals surface area contributed by atoms with Crippen LogP contribution in [0.5, 0.6) is 0 Å². The first kappa shape index (κ1) is 14.4. The third-order valence-electron chi connectivity index (χ3n) is 4.58. The zero-order valence-electron chi connectivity index (χ0n) is 13.0. The van der Waals surface area contributed by atoms with Crippen molar-refractivity contribution < 1.29 is 4.79 Å². The van der Waals surface area contributed by atoms with E-state index in [4.69, 9.17) is 0 Å². The first-order valence-corrected chi connectivity index (χ1v) is 7.94. The van der Waals surface area contributed by atoms with Gasteiger partial charge < -0.3 is 5.32 Å². The Morgan fingerprint density at radius 3 is 2.81 bits per heavy atom. The number of carbonyl (C=O) groups excluding carboxylic acids is 1. The van der Waals surface area contributed by atoms with E-state index in [-0.39, 0.29) is 11.9 Å². The monoisotopic (exact) mass is 288 g/mol. The third-order valence-corrected chi connectivity index (χ3v) is 4.58. The molecule has 1 amide bonds. The van der Waals surface area contributed by atoms with Crippen LogP contribution in [0.1, 0.15) is 62.0 Å². The number of rotatable bonds is 4. The van der Waals surface area contributed by atoms with Crippen LogP contribution in [-0.2, 0) is 0 Å². The van der Waals surface area contributed by atoms with Crippen molar-refractivity contribution >= 4 is 5.91 Å². The largest absolute Gasteiger partial charge is 0.347 e. The Bertz CT molecular complexity index is 527. The van der Waals surface area contributed by atoms with Gasteiger partial charge in [-0.3, -0.25) is 9.69 Å². The molecule has 1 N–H and O–H groups in total. The molecule has 3 rings (SSSR count). The average molecular weight is 288 g/mol. The highest BCUT2D eigenvalue weighted by Gasteiger charge is 2.32. The number of hydrogen-bond acceptors (Lipinski definition) is 4. The van der Waals surface area contributed by atoms with Gasteiger partial charge >= 0.3 is 0 Å². The van der Waals surface area contributed by atoms with Gasteiger partial charge in [-0.1, -0.05) is 0 Å². The average Bonchev–Trinajstić information content (AvgIpc) is 3.23. The molecule has 1 aliphatic carbocycles. The Kier molecular flexibility index (Phi) is 3.93. The Hall–Kier alpha value is -1.49. The molecule has 21 heavy (non-hydrogen) atoms.